The van der Waals surface area contributed by atoms with Gasteiger partial charge in [0.25, 0.3) is 0 Å². The fourth-order valence-corrected chi connectivity index (χ4v) is 5.78. The second-order valence-electron chi connectivity index (χ2n) is 6.26. The van der Waals surface area contributed by atoms with E-state index in [0.29, 0.717) is 18.8 Å². The lowest BCUT2D eigenvalue weighted by Crippen LogP contribution is -2.11. The van der Waals surface area contributed by atoms with E-state index in [4.69, 9.17) is 4.74 Å². The van der Waals surface area contributed by atoms with Gasteiger partial charge in [0.1, 0.15) is 11.6 Å². The van der Waals surface area contributed by atoms with Crippen LogP contribution >= 0.6 is 11.8 Å². The van der Waals surface area contributed by atoms with Crippen molar-refractivity contribution in [3.8, 4) is 5.75 Å². The highest BCUT2D eigenvalue weighted by molar-refractivity contribution is 7.98. The van der Waals surface area contributed by atoms with Crippen LogP contribution in [0.25, 0.3) is 0 Å². The predicted molar refractivity (Wildman–Crippen MR) is 98.6 cm³/mol. The van der Waals surface area contributed by atoms with Gasteiger partial charge in [0.2, 0.25) is 0 Å². The molecular formula is C17H23N3O3S2. The molecule has 0 N–H and O–H groups in total. The van der Waals surface area contributed by atoms with Crippen molar-refractivity contribution in [3.05, 3.63) is 35.7 Å². The summed E-state index contributed by atoms with van der Waals surface area (Å²) in [5.41, 5.74) is 1.13. The predicted octanol–water partition coefficient (Wildman–Crippen LogP) is 2.48. The SMILES string of the molecule is CCOc1ccccc1CSc1nnc(C[C@H]2CCS(=O)(=O)C2)n1C. The van der Waals surface area contributed by atoms with Gasteiger partial charge in [0.05, 0.1) is 18.1 Å². The third kappa shape index (κ3) is 4.55. The standard InChI is InChI=1S/C17H23N3O3S2/c1-3-23-15-7-5-4-6-14(15)11-24-17-19-18-16(20(17)2)10-13-8-9-25(21,22)12-13/h4-7,13H,3,8-12H2,1-2H3/t13-/m1/s1. The Morgan fingerprint density at radius 2 is 2.12 bits per heavy atom. The Bertz CT molecular complexity index is 833. The van der Waals surface area contributed by atoms with Gasteiger partial charge in [0.15, 0.2) is 15.0 Å². The Hall–Kier alpha value is -1.54. The molecule has 1 aliphatic rings. The Morgan fingerprint density at radius 3 is 2.84 bits per heavy atom. The Morgan fingerprint density at radius 1 is 1.32 bits per heavy atom. The van der Waals surface area contributed by atoms with Crippen molar-refractivity contribution in [2.45, 2.75) is 30.7 Å². The molecule has 1 aliphatic heterocycles. The molecule has 0 saturated carbocycles. The number of sulfone groups is 1. The molecule has 1 saturated heterocycles. The summed E-state index contributed by atoms with van der Waals surface area (Å²) in [7, 11) is -0.915. The van der Waals surface area contributed by atoms with Crippen LogP contribution in [-0.2, 0) is 29.1 Å². The van der Waals surface area contributed by atoms with Crippen LogP contribution in [0.2, 0.25) is 0 Å². The third-order valence-electron chi connectivity index (χ3n) is 4.35. The van der Waals surface area contributed by atoms with Crippen molar-refractivity contribution in [1.29, 1.82) is 0 Å². The van der Waals surface area contributed by atoms with Crippen LogP contribution < -0.4 is 4.74 Å². The van der Waals surface area contributed by atoms with Gasteiger partial charge in [-0.1, -0.05) is 30.0 Å². The molecule has 1 aromatic heterocycles. The summed E-state index contributed by atoms with van der Waals surface area (Å²) in [5, 5.41) is 9.37. The molecule has 0 radical (unpaired) electrons. The second-order valence-corrected chi connectivity index (χ2v) is 9.43. The van der Waals surface area contributed by atoms with Crippen molar-refractivity contribution in [2.75, 3.05) is 18.1 Å². The minimum atomic E-state index is -2.85. The highest BCUT2D eigenvalue weighted by Crippen LogP contribution is 2.28. The van der Waals surface area contributed by atoms with Gasteiger partial charge in [-0.3, -0.25) is 0 Å². The first kappa shape index (κ1) is 18.3. The van der Waals surface area contributed by atoms with E-state index < -0.39 is 9.84 Å². The lowest BCUT2D eigenvalue weighted by molar-refractivity contribution is 0.337. The van der Waals surface area contributed by atoms with E-state index >= 15 is 0 Å². The van der Waals surface area contributed by atoms with Gasteiger partial charge in [-0.2, -0.15) is 0 Å². The molecule has 0 unspecified atom stereocenters. The largest absolute Gasteiger partial charge is 0.494 e. The molecule has 25 heavy (non-hydrogen) atoms. The van der Waals surface area contributed by atoms with E-state index in [9.17, 15) is 8.42 Å². The molecule has 2 heterocycles. The fraction of sp³-hybridized carbons (Fsp3) is 0.529. The highest BCUT2D eigenvalue weighted by Gasteiger charge is 2.29. The highest BCUT2D eigenvalue weighted by atomic mass is 32.2. The summed E-state index contributed by atoms with van der Waals surface area (Å²) in [4.78, 5) is 0. The number of ether oxygens (including phenoxy) is 1. The summed E-state index contributed by atoms with van der Waals surface area (Å²) in [5.74, 6) is 3.22. The van der Waals surface area contributed by atoms with Gasteiger partial charge < -0.3 is 9.30 Å². The molecule has 2 aromatic rings. The molecule has 8 heteroatoms. The van der Waals surface area contributed by atoms with Gasteiger partial charge in [-0.25, -0.2) is 8.42 Å². The Kier molecular flexibility index (Phi) is 5.68. The van der Waals surface area contributed by atoms with Crippen molar-refractivity contribution in [1.82, 2.24) is 14.8 Å². The number of rotatable bonds is 7. The molecule has 1 atom stereocenters. The zero-order chi connectivity index (χ0) is 17.9. The Labute approximate surface area is 152 Å². The lowest BCUT2D eigenvalue weighted by Gasteiger charge is -2.10. The normalized spacial score (nSPS) is 19.2. The monoisotopic (exact) mass is 381 g/mol. The van der Waals surface area contributed by atoms with Crippen molar-refractivity contribution < 1.29 is 13.2 Å². The number of hydrogen-bond donors (Lipinski definition) is 0. The van der Waals surface area contributed by atoms with E-state index in [2.05, 4.69) is 16.3 Å². The minimum Gasteiger partial charge on any atom is -0.494 e. The van der Waals surface area contributed by atoms with Crippen LogP contribution in [0.4, 0.5) is 0 Å². The molecule has 0 bridgehead atoms. The maximum absolute atomic E-state index is 11.6. The van der Waals surface area contributed by atoms with Crippen LogP contribution in [0.15, 0.2) is 29.4 Å². The minimum absolute atomic E-state index is 0.157. The van der Waals surface area contributed by atoms with Crippen molar-refractivity contribution in [2.24, 2.45) is 13.0 Å². The average Bonchev–Trinajstić information content (AvgIpc) is 3.10. The lowest BCUT2D eigenvalue weighted by atomic mass is 10.1. The maximum atomic E-state index is 11.6. The summed E-state index contributed by atoms with van der Waals surface area (Å²) < 4.78 is 30.8. The maximum Gasteiger partial charge on any atom is 0.191 e. The average molecular weight is 382 g/mol. The van der Waals surface area contributed by atoms with Gasteiger partial charge in [-0.15, -0.1) is 10.2 Å². The van der Waals surface area contributed by atoms with Crippen LogP contribution in [0, 0.1) is 5.92 Å². The molecule has 0 amide bonds. The number of nitrogens with zero attached hydrogens (tertiary/aromatic N) is 3. The van der Waals surface area contributed by atoms with Crippen LogP contribution in [-0.4, -0.2) is 41.3 Å². The quantitative estimate of drug-likeness (QED) is 0.686. The zero-order valence-electron chi connectivity index (χ0n) is 14.5. The third-order valence-corrected chi connectivity index (χ3v) is 7.26. The molecule has 136 valence electrons. The van der Waals surface area contributed by atoms with Gasteiger partial charge in [0, 0.05) is 24.8 Å². The molecule has 6 nitrogen and oxygen atoms in total. The molecule has 0 aliphatic carbocycles. The fourth-order valence-electron chi connectivity index (χ4n) is 3.00. The van der Waals surface area contributed by atoms with E-state index in [1.807, 2.05) is 36.7 Å². The number of aromatic nitrogens is 3. The summed E-state index contributed by atoms with van der Waals surface area (Å²) >= 11 is 1.61. The first-order chi connectivity index (χ1) is 12.0. The smallest absolute Gasteiger partial charge is 0.191 e. The number of hydrogen-bond acceptors (Lipinski definition) is 6. The summed E-state index contributed by atoms with van der Waals surface area (Å²) in [6.45, 7) is 2.61. The van der Waals surface area contributed by atoms with Crippen LogP contribution in [0.5, 0.6) is 5.75 Å². The Balaban J connectivity index is 1.64. The first-order valence-electron chi connectivity index (χ1n) is 8.40. The molecule has 1 fully saturated rings. The van der Waals surface area contributed by atoms with E-state index in [1.54, 1.807) is 11.8 Å². The van der Waals surface area contributed by atoms with E-state index in [0.717, 1.165) is 34.5 Å². The summed E-state index contributed by atoms with van der Waals surface area (Å²) in [6.07, 6.45) is 1.39. The number of para-hydroxylation sites is 1. The first-order valence-corrected chi connectivity index (χ1v) is 11.2. The number of thioether (sulfide) groups is 1. The van der Waals surface area contributed by atoms with Crippen LogP contribution in [0.3, 0.4) is 0 Å². The zero-order valence-corrected chi connectivity index (χ0v) is 16.1. The van der Waals surface area contributed by atoms with Crippen molar-refractivity contribution >= 4 is 21.6 Å². The molecular weight excluding hydrogens is 358 g/mol. The molecule has 1 aromatic carbocycles. The van der Waals surface area contributed by atoms with E-state index in [-0.39, 0.29) is 11.7 Å². The summed E-state index contributed by atoms with van der Waals surface area (Å²) in [6, 6.07) is 8.00. The topological polar surface area (TPSA) is 74.1 Å². The molecule has 3 rings (SSSR count). The molecule has 0 spiro atoms. The number of benzene rings is 1. The van der Waals surface area contributed by atoms with Crippen molar-refractivity contribution in [3.63, 3.8) is 0 Å². The second kappa shape index (κ2) is 7.78. The van der Waals surface area contributed by atoms with E-state index in [1.165, 1.54) is 0 Å². The van der Waals surface area contributed by atoms with Gasteiger partial charge in [-0.05, 0) is 25.3 Å². The van der Waals surface area contributed by atoms with Gasteiger partial charge >= 0.3 is 0 Å². The van der Waals surface area contributed by atoms with Crippen LogP contribution in [0.1, 0.15) is 24.7 Å².